The number of rotatable bonds is 6. The maximum atomic E-state index is 14.5. The van der Waals surface area contributed by atoms with Gasteiger partial charge in [0, 0.05) is 49.3 Å². The summed E-state index contributed by atoms with van der Waals surface area (Å²) in [4.78, 5) is 31.0. The molecule has 9 nitrogen and oxygen atoms in total. The molecule has 11 heteroatoms. The molecule has 4 aliphatic rings. The van der Waals surface area contributed by atoms with Gasteiger partial charge in [0.1, 0.15) is 29.4 Å². The van der Waals surface area contributed by atoms with Gasteiger partial charge in [0.2, 0.25) is 0 Å². The first-order valence-corrected chi connectivity index (χ1v) is 15.6. The van der Waals surface area contributed by atoms with Crippen LogP contribution >= 0.6 is 11.6 Å². The predicted octanol–water partition coefficient (Wildman–Crippen LogP) is 6.10. The summed E-state index contributed by atoms with van der Waals surface area (Å²) in [6, 6.07) is 12.4. The van der Waals surface area contributed by atoms with Gasteiger partial charge in [-0.15, -0.1) is 4.91 Å². The van der Waals surface area contributed by atoms with Gasteiger partial charge in [0.05, 0.1) is 22.1 Å². The Kier molecular flexibility index (Phi) is 6.50. The summed E-state index contributed by atoms with van der Waals surface area (Å²) in [6.07, 6.45) is 3.83. The van der Waals surface area contributed by atoms with E-state index < -0.39 is 6.17 Å². The zero-order valence-corrected chi connectivity index (χ0v) is 24.8. The van der Waals surface area contributed by atoms with Crippen LogP contribution in [0.15, 0.2) is 41.6 Å². The van der Waals surface area contributed by atoms with Crippen molar-refractivity contribution in [3.8, 4) is 17.3 Å². The highest BCUT2D eigenvalue weighted by atomic mass is 35.5. The van der Waals surface area contributed by atoms with E-state index in [-0.39, 0.29) is 11.5 Å². The van der Waals surface area contributed by atoms with Gasteiger partial charge in [-0.05, 0) is 67.2 Å². The Morgan fingerprint density at radius 1 is 1.14 bits per heavy atom. The number of aromatic nitrogens is 3. The second-order valence-electron chi connectivity index (χ2n) is 12.6. The van der Waals surface area contributed by atoms with Gasteiger partial charge < -0.3 is 15.0 Å². The first-order chi connectivity index (χ1) is 20.9. The molecule has 4 aliphatic heterocycles. The van der Waals surface area contributed by atoms with E-state index in [1.54, 1.807) is 12.1 Å². The topological polar surface area (TPSA) is 95.8 Å². The van der Waals surface area contributed by atoms with Crippen LogP contribution < -0.4 is 15.0 Å². The fraction of sp³-hybridized carbons (Fsp3) is 0.469. The van der Waals surface area contributed by atoms with Gasteiger partial charge in [-0.2, -0.15) is 9.97 Å². The Hall–Kier alpha value is -3.47. The summed E-state index contributed by atoms with van der Waals surface area (Å²) in [5, 5.41) is 9.73. The molecule has 6 heterocycles. The number of alkyl halides is 1. The van der Waals surface area contributed by atoms with E-state index in [9.17, 15) is 9.30 Å². The quantitative estimate of drug-likeness (QED) is 0.209. The van der Waals surface area contributed by atoms with E-state index in [0.717, 1.165) is 67.2 Å². The molecule has 0 aliphatic carbocycles. The standard InChI is InChI=1S/C32H33ClFN7O2/c1-18-27(25-12-23(39-42)11-19-5-2-3-6-24(19)25)36-29(33)26-28(18)37-31(38-30(26)40-15-21-7-8-22(16-40)35-21)43-17-32-9-4-10-41(32)14-20(34)13-32/h2-3,5-6,11-12,20-22,35H,4,7-10,13-17H2,1H3/t20-,21+,22?,32+/m1/s1. The van der Waals surface area contributed by atoms with Crippen molar-refractivity contribution in [1.29, 1.82) is 0 Å². The maximum Gasteiger partial charge on any atom is 0.319 e. The van der Waals surface area contributed by atoms with E-state index in [1.807, 2.05) is 31.2 Å². The largest absolute Gasteiger partial charge is 0.461 e. The van der Waals surface area contributed by atoms with Gasteiger partial charge in [-0.25, -0.2) is 9.37 Å². The van der Waals surface area contributed by atoms with Gasteiger partial charge in [0.15, 0.2) is 0 Å². The molecule has 0 spiro atoms. The van der Waals surface area contributed by atoms with Crippen LogP contribution in [-0.4, -0.2) is 76.4 Å². The Balaban J connectivity index is 1.28. The Morgan fingerprint density at radius 2 is 1.95 bits per heavy atom. The van der Waals surface area contributed by atoms with Crippen LogP contribution in [0.1, 0.15) is 37.7 Å². The molecule has 4 atom stereocenters. The fourth-order valence-electron chi connectivity index (χ4n) is 7.96. The number of benzene rings is 2. The van der Waals surface area contributed by atoms with E-state index in [4.69, 9.17) is 31.3 Å². The number of aryl methyl sites for hydroxylation is 1. The zero-order valence-electron chi connectivity index (χ0n) is 24.0. The molecule has 43 heavy (non-hydrogen) atoms. The summed E-state index contributed by atoms with van der Waals surface area (Å²) in [7, 11) is 0. The number of anilines is 1. The summed E-state index contributed by atoms with van der Waals surface area (Å²) >= 11 is 7.03. The average Bonchev–Trinajstić information content (AvgIpc) is 3.67. The Morgan fingerprint density at radius 3 is 2.77 bits per heavy atom. The van der Waals surface area contributed by atoms with Crippen molar-refractivity contribution in [3.05, 3.63) is 52.0 Å². The summed E-state index contributed by atoms with van der Waals surface area (Å²) < 4.78 is 20.9. The molecule has 8 rings (SSSR count). The minimum Gasteiger partial charge on any atom is -0.461 e. The molecule has 0 radical (unpaired) electrons. The van der Waals surface area contributed by atoms with Gasteiger partial charge >= 0.3 is 6.01 Å². The third-order valence-corrected chi connectivity index (χ3v) is 10.2. The molecule has 4 saturated heterocycles. The maximum absolute atomic E-state index is 14.5. The van der Waals surface area contributed by atoms with Crippen molar-refractivity contribution in [3.63, 3.8) is 0 Å². The number of piperazine rings is 1. The molecule has 2 aromatic carbocycles. The highest BCUT2D eigenvalue weighted by Gasteiger charge is 2.49. The molecule has 2 bridgehead atoms. The van der Waals surface area contributed by atoms with Crippen molar-refractivity contribution < 1.29 is 9.13 Å². The van der Waals surface area contributed by atoms with Gasteiger partial charge in [0.25, 0.3) is 0 Å². The van der Waals surface area contributed by atoms with Crippen molar-refractivity contribution in [2.24, 2.45) is 5.18 Å². The number of hydrogen-bond acceptors (Lipinski definition) is 9. The lowest BCUT2D eigenvalue weighted by Crippen LogP contribution is -2.51. The molecule has 1 N–H and O–H groups in total. The average molecular weight is 602 g/mol. The predicted molar refractivity (Wildman–Crippen MR) is 166 cm³/mol. The molecule has 4 aromatic rings. The minimum atomic E-state index is -0.838. The second kappa shape index (κ2) is 10.3. The third kappa shape index (κ3) is 4.53. The second-order valence-corrected chi connectivity index (χ2v) is 13.0. The normalized spacial score (nSPS) is 26.9. The number of nitrogens with zero attached hydrogens (tertiary/aromatic N) is 6. The molecule has 1 unspecified atom stereocenters. The first kappa shape index (κ1) is 27.1. The highest BCUT2D eigenvalue weighted by molar-refractivity contribution is 6.35. The lowest BCUT2D eigenvalue weighted by molar-refractivity contribution is 0.107. The van der Waals surface area contributed by atoms with Gasteiger partial charge in [-0.1, -0.05) is 35.9 Å². The number of halogens is 2. The van der Waals surface area contributed by atoms with Crippen LogP contribution in [0.3, 0.4) is 0 Å². The Labute approximate surface area is 253 Å². The highest BCUT2D eigenvalue weighted by Crippen LogP contribution is 2.43. The molecular formula is C32H33ClFN7O2. The van der Waals surface area contributed by atoms with E-state index >= 15 is 0 Å². The van der Waals surface area contributed by atoms with Crippen LogP contribution in [0.5, 0.6) is 6.01 Å². The van der Waals surface area contributed by atoms with Crippen molar-refractivity contribution >= 4 is 44.8 Å². The number of pyridine rings is 1. The molecule has 2 aromatic heterocycles. The van der Waals surface area contributed by atoms with E-state index in [1.165, 1.54) is 0 Å². The lowest BCUT2D eigenvalue weighted by atomic mass is 9.95. The monoisotopic (exact) mass is 601 g/mol. The minimum absolute atomic E-state index is 0.265. The summed E-state index contributed by atoms with van der Waals surface area (Å²) in [6.45, 7) is 5.28. The molecule has 4 fully saturated rings. The summed E-state index contributed by atoms with van der Waals surface area (Å²) in [5.41, 5.74) is 2.86. The zero-order chi connectivity index (χ0) is 29.3. The first-order valence-electron chi connectivity index (χ1n) is 15.2. The lowest BCUT2D eigenvalue weighted by Gasteiger charge is -2.35. The van der Waals surface area contributed by atoms with Gasteiger partial charge in [-0.3, -0.25) is 4.90 Å². The molecule has 222 valence electrons. The van der Waals surface area contributed by atoms with Crippen LogP contribution in [0.4, 0.5) is 15.9 Å². The van der Waals surface area contributed by atoms with E-state index in [0.29, 0.717) is 64.9 Å². The van der Waals surface area contributed by atoms with Crippen molar-refractivity contribution in [1.82, 2.24) is 25.2 Å². The van der Waals surface area contributed by atoms with Crippen LogP contribution in [0.2, 0.25) is 5.15 Å². The number of fused-ring (bicyclic) bond motifs is 5. The molecular weight excluding hydrogens is 569 g/mol. The number of ether oxygens (including phenoxy) is 1. The van der Waals surface area contributed by atoms with Crippen molar-refractivity contribution in [2.75, 3.05) is 37.7 Å². The Bertz CT molecular complexity index is 1760. The van der Waals surface area contributed by atoms with Crippen LogP contribution in [0.25, 0.3) is 32.9 Å². The number of nitroso groups, excluding NO2 is 1. The van der Waals surface area contributed by atoms with Crippen LogP contribution in [0, 0.1) is 11.8 Å². The summed E-state index contributed by atoms with van der Waals surface area (Å²) in [5.74, 6) is 0.717. The molecule has 0 saturated carbocycles. The molecule has 0 amide bonds. The van der Waals surface area contributed by atoms with Crippen molar-refractivity contribution in [2.45, 2.75) is 62.8 Å². The number of nitrogens with one attached hydrogen (secondary N) is 1. The van der Waals surface area contributed by atoms with Crippen LogP contribution in [-0.2, 0) is 0 Å². The number of hydrogen-bond donors (Lipinski definition) is 1. The fourth-order valence-corrected chi connectivity index (χ4v) is 8.22. The van der Waals surface area contributed by atoms with E-state index in [2.05, 4.69) is 20.3 Å². The smallest absolute Gasteiger partial charge is 0.319 e. The third-order valence-electron chi connectivity index (χ3n) is 9.95. The SMILES string of the molecule is Cc1c(-c2cc(N=O)cc3ccccc23)nc(Cl)c2c(N3CC4CC[C@@H](C3)N4)nc(OC[C@@]34CCCN3C[C@H](F)C4)nc12.